The van der Waals surface area contributed by atoms with Crippen LogP contribution in [-0.2, 0) is 0 Å². The quantitative estimate of drug-likeness (QED) is 0.886. The average molecular weight is 287 g/mol. The standard InChI is InChI=1S/C17H25N3O/c1-6-18-11-12(2)17-13(3)19-20(14(17)4)15-7-9-16(21-5)10-8-15/h7-10,12,18H,6,11H2,1-5H3. The van der Waals surface area contributed by atoms with E-state index in [-0.39, 0.29) is 0 Å². The van der Waals surface area contributed by atoms with Crippen LogP contribution in [0.15, 0.2) is 24.3 Å². The summed E-state index contributed by atoms with van der Waals surface area (Å²) in [5.74, 6) is 1.32. The van der Waals surface area contributed by atoms with E-state index in [1.807, 2.05) is 28.9 Å². The van der Waals surface area contributed by atoms with Crippen molar-refractivity contribution in [2.45, 2.75) is 33.6 Å². The van der Waals surface area contributed by atoms with Crippen molar-refractivity contribution < 1.29 is 4.74 Å². The summed E-state index contributed by atoms with van der Waals surface area (Å²) in [6, 6.07) is 8.01. The minimum absolute atomic E-state index is 0.456. The summed E-state index contributed by atoms with van der Waals surface area (Å²) in [4.78, 5) is 0. The number of aryl methyl sites for hydroxylation is 1. The van der Waals surface area contributed by atoms with Gasteiger partial charge in [0.2, 0.25) is 0 Å². The predicted molar refractivity (Wildman–Crippen MR) is 86.5 cm³/mol. The first-order chi connectivity index (χ1) is 10.1. The van der Waals surface area contributed by atoms with Crippen LogP contribution >= 0.6 is 0 Å². The van der Waals surface area contributed by atoms with Gasteiger partial charge >= 0.3 is 0 Å². The Morgan fingerprint density at radius 3 is 2.48 bits per heavy atom. The van der Waals surface area contributed by atoms with Crippen molar-refractivity contribution >= 4 is 0 Å². The summed E-state index contributed by atoms with van der Waals surface area (Å²) in [5, 5.41) is 8.12. The topological polar surface area (TPSA) is 39.1 Å². The molecule has 0 fully saturated rings. The molecular formula is C17H25N3O. The van der Waals surface area contributed by atoms with Gasteiger partial charge in [0, 0.05) is 17.8 Å². The Kier molecular flexibility index (Phi) is 5.02. The fraction of sp³-hybridized carbons (Fsp3) is 0.471. The molecule has 1 unspecified atom stereocenters. The number of methoxy groups -OCH3 is 1. The zero-order valence-corrected chi connectivity index (χ0v) is 13.6. The molecule has 1 N–H and O–H groups in total. The van der Waals surface area contributed by atoms with Crippen molar-refractivity contribution in [1.29, 1.82) is 0 Å². The number of nitrogens with zero attached hydrogens (tertiary/aromatic N) is 2. The van der Waals surface area contributed by atoms with Crippen LogP contribution in [0.5, 0.6) is 5.75 Å². The minimum atomic E-state index is 0.456. The van der Waals surface area contributed by atoms with Crippen molar-refractivity contribution in [1.82, 2.24) is 15.1 Å². The van der Waals surface area contributed by atoms with E-state index in [0.29, 0.717) is 5.92 Å². The number of rotatable bonds is 6. The van der Waals surface area contributed by atoms with Crippen LogP contribution in [0.4, 0.5) is 0 Å². The van der Waals surface area contributed by atoms with Gasteiger partial charge in [0.25, 0.3) is 0 Å². The van der Waals surface area contributed by atoms with E-state index in [0.717, 1.165) is 30.2 Å². The maximum atomic E-state index is 5.21. The highest BCUT2D eigenvalue weighted by Crippen LogP contribution is 2.25. The van der Waals surface area contributed by atoms with Crippen molar-refractivity contribution in [2.75, 3.05) is 20.2 Å². The molecule has 1 heterocycles. The number of aromatic nitrogens is 2. The lowest BCUT2D eigenvalue weighted by atomic mass is 9.99. The summed E-state index contributed by atoms with van der Waals surface area (Å²) in [7, 11) is 1.68. The van der Waals surface area contributed by atoms with Crippen LogP contribution in [0.3, 0.4) is 0 Å². The molecule has 114 valence electrons. The van der Waals surface area contributed by atoms with E-state index >= 15 is 0 Å². The van der Waals surface area contributed by atoms with E-state index < -0.39 is 0 Å². The van der Waals surface area contributed by atoms with Crippen molar-refractivity contribution in [3.05, 3.63) is 41.2 Å². The number of ether oxygens (including phenoxy) is 1. The van der Waals surface area contributed by atoms with Gasteiger partial charge in [0.05, 0.1) is 18.5 Å². The van der Waals surface area contributed by atoms with Gasteiger partial charge in [-0.3, -0.25) is 0 Å². The van der Waals surface area contributed by atoms with Gasteiger partial charge in [0.15, 0.2) is 0 Å². The normalized spacial score (nSPS) is 12.4. The third-order valence-corrected chi connectivity index (χ3v) is 3.86. The third kappa shape index (κ3) is 3.27. The highest BCUT2D eigenvalue weighted by molar-refractivity contribution is 5.41. The number of hydrogen-bond donors (Lipinski definition) is 1. The predicted octanol–water partition coefficient (Wildman–Crippen LogP) is 3.21. The lowest BCUT2D eigenvalue weighted by Crippen LogP contribution is -2.20. The molecule has 0 aliphatic rings. The lowest BCUT2D eigenvalue weighted by molar-refractivity contribution is 0.414. The average Bonchev–Trinajstić information content (AvgIpc) is 2.80. The second-order valence-electron chi connectivity index (χ2n) is 5.40. The van der Waals surface area contributed by atoms with Gasteiger partial charge in [-0.05, 0) is 50.6 Å². The lowest BCUT2D eigenvalue weighted by Gasteiger charge is -2.13. The molecule has 21 heavy (non-hydrogen) atoms. The van der Waals surface area contributed by atoms with Crippen LogP contribution in [0.25, 0.3) is 5.69 Å². The summed E-state index contributed by atoms with van der Waals surface area (Å²) < 4.78 is 7.23. The third-order valence-electron chi connectivity index (χ3n) is 3.86. The monoisotopic (exact) mass is 287 g/mol. The van der Waals surface area contributed by atoms with Gasteiger partial charge in [-0.1, -0.05) is 13.8 Å². The molecule has 0 amide bonds. The van der Waals surface area contributed by atoms with Crippen LogP contribution < -0.4 is 10.1 Å². The molecule has 4 nitrogen and oxygen atoms in total. The molecule has 0 saturated carbocycles. The maximum Gasteiger partial charge on any atom is 0.119 e. The van der Waals surface area contributed by atoms with E-state index in [4.69, 9.17) is 9.84 Å². The van der Waals surface area contributed by atoms with E-state index in [1.165, 1.54) is 11.3 Å². The summed E-state index contributed by atoms with van der Waals surface area (Å²) in [6.07, 6.45) is 0. The van der Waals surface area contributed by atoms with E-state index in [9.17, 15) is 0 Å². The minimum Gasteiger partial charge on any atom is -0.497 e. The molecule has 0 aliphatic heterocycles. The molecule has 2 aromatic rings. The van der Waals surface area contributed by atoms with Crippen molar-refractivity contribution in [3.8, 4) is 11.4 Å². The highest BCUT2D eigenvalue weighted by Gasteiger charge is 2.17. The molecule has 1 atom stereocenters. The molecule has 1 aromatic carbocycles. The summed E-state index contributed by atoms with van der Waals surface area (Å²) in [5.41, 5.74) is 4.72. The fourth-order valence-corrected chi connectivity index (χ4v) is 2.81. The molecule has 1 aromatic heterocycles. The first-order valence-electron chi connectivity index (χ1n) is 7.49. The molecule has 4 heteroatoms. The number of nitrogens with one attached hydrogen (secondary N) is 1. The Balaban J connectivity index is 2.33. The zero-order valence-electron chi connectivity index (χ0n) is 13.6. The maximum absolute atomic E-state index is 5.21. The smallest absolute Gasteiger partial charge is 0.119 e. The fourth-order valence-electron chi connectivity index (χ4n) is 2.81. The SMILES string of the molecule is CCNCC(C)c1c(C)nn(-c2ccc(OC)cc2)c1C. The highest BCUT2D eigenvalue weighted by atomic mass is 16.5. The van der Waals surface area contributed by atoms with Gasteiger partial charge in [-0.15, -0.1) is 0 Å². The molecule has 0 radical (unpaired) electrons. The number of hydrogen-bond acceptors (Lipinski definition) is 3. The van der Waals surface area contributed by atoms with Crippen molar-refractivity contribution in [2.24, 2.45) is 0 Å². The van der Waals surface area contributed by atoms with Crippen LogP contribution in [0.2, 0.25) is 0 Å². The summed E-state index contributed by atoms with van der Waals surface area (Å²) in [6.45, 7) is 10.6. The Hall–Kier alpha value is -1.81. The van der Waals surface area contributed by atoms with Crippen LogP contribution in [0, 0.1) is 13.8 Å². The Labute approximate surface area is 127 Å². The van der Waals surface area contributed by atoms with Gasteiger partial charge < -0.3 is 10.1 Å². The van der Waals surface area contributed by atoms with E-state index in [2.05, 4.69) is 33.0 Å². The molecule has 2 rings (SSSR count). The van der Waals surface area contributed by atoms with Crippen LogP contribution in [0.1, 0.15) is 36.7 Å². The van der Waals surface area contributed by atoms with Crippen LogP contribution in [-0.4, -0.2) is 30.0 Å². The Morgan fingerprint density at radius 2 is 1.90 bits per heavy atom. The molecule has 0 bridgehead atoms. The second-order valence-corrected chi connectivity index (χ2v) is 5.40. The largest absolute Gasteiger partial charge is 0.497 e. The second kappa shape index (κ2) is 6.76. The number of benzene rings is 1. The molecule has 0 spiro atoms. The zero-order chi connectivity index (χ0) is 15.4. The molecular weight excluding hydrogens is 262 g/mol. The van der Waals surface area contributed by atoms with Crippen molar-refractivity contribution in [3.63, 3.8) is 0 Å². The summed E-state index contributed by atoms with van der Waals surface area (Å²) >= 11 is 0. The number of likely N-dealkylation sites (N-methyl/N-ethyl adjacent to an activating group) is 1. The molecule has 0 saturated heterocycles. The first kappa shape index (κ1) is 15.6. The Bertz CT molecular complexity index is 587. The molecule has 0 aliphatic carbocycles. The van der Waals surface area contributed by atoms with E-state index in [1.54, 1.807) is 7.11 Å². The van der Waals surface area contributed by atoms with Gasteiger partial charge in [-0.2, -0.15) is 5.10 Å². The Morgan fingerprint density at radius 1 is 1.24 bits per heavy atom. The van der Waals surface area contributed by atoms with Gasteiger partial charge in [-0.25, -0.2) is 4.68 Å². The van der Waals surface area contributed by atoms with Gasteiger partial charge in [0.1, 0.15) is 5.75 Å². The first-order valence-corrected chi connectivity index (χ1v) is 7.49.